The van der Waals surface area contributed by atoms with Crippen molar-refractivity contribution in [2.24, 2.45) is 0 Å². The van der Waals surface area contributed by atoms with Crippen molar-refractivity contribution in [3.63, 3.8) is 0 Å². The first-order chi connectivity index (χ1) is 26.4. The molecular weight excluding hydrogens is 756 g/mol. The second-order valence-corrected chi connectivity index (χ2v) is 15.6. The fourth-order valence-electron chi connectivity index (χ4n) is 5.70. The number of nitrogens with zero attached hydrogens (tertiary/aromatic N) is 2. The summed E-state index contributed by atoms with van der Waals surface area (Å²) in [6.07, 6.45) is 8.26. The average Bonchev–Trinajstić information content (AvgIpc) is 3.21. The average molecular weight is 794 g/mol. The molecule has 2 atom stereocenters. The van der Waals surface area contributed by atoms with E-state index >= 15 is 0 Å². The molecular formula is C44H38Cl2N2O4S2. The maximum atomic E-state index is 13.3. The van der Waals surface area contributed by atoms with Crippen LogP contribution in [-0.4, -0.2) is 45.6 Å². The molecule has 0 N–H and O–H groups in total. The molecule has 0 aliphatic heterocycles. The third-order valence-electron chi connectivity index (χ3n) is 8.57. The number of esters is 2. The smallest absolute Gasteiger partial charge is 0.417 e. The van der Waals surface area contributed by atoms with E-state index in [9.17, 15) is 9.59 Å². The number of halogens is 2. The van der Waals surface area contributed by atoms with Gasteiger partial charge in [-0.15, -0.1) is 23.5 Å². The highest BCUT2D eigenvalue weighted by molar-refractivity contribution is 7.99. The number of hydrogen-bond acceptors (Lipinski definition) is 8. The van der Waals surface area contributed by atoms with Crippen molar-refractivity contribution in [3.05, 3.63) is 167 Å². The molecule has 0 unspecified atom stereocenters. The monoisotopic (exact) mass is 792 g/mol. The van der Waals surface area contributed by atoms with Crippen LogP contribution in [0.3, 0.4) is 0 Å². The molecule has 10 heteroatoms. The molecule has 0 aliphatic rings. The van der Waals surface area contributed by atoms with Crippen LogP contribution in [0.2, 0.25) is 10.0 Å². The first-order valence-electron chi connectivity index (χ1n) is 17.5. The maximum Gasteiger partial charge on any atom is 0.417 e. The van der Waals surface area contributed by atoms with Crippen LogP contribution in [0, 0.1) is 0 Å². The number of aromatic nitrogens is 2. The number of thioether (sulfide) groups is 2. The van der Waals surface area contributed by atoms with Crippen molar-refractivity contribution >= 4 is 58.7 Å². The summed E-state index contributed by atoms with van der Waals surface area (Å²) in [6, 6.07) is 39.5. The zero-order valence-corrected chi connectivity index (χ0v) is 32.5. The second kappa shape index (κ2) is 20.2. The zero-order chi connectivity index (χ0) is 37.5. The lowest BCUT2D eigenvalue weighted by Crippen LogP contribution is -2.32. The molecule has 2 aromatic heterocycles. The Bertz CT molecular complexity index is 1950. The quantitative estimate of drug-likeness (QED) is 0.0545. The number of aryl methyl sites for hydroxylation is 2. The summed E-state index contributed by atoms with van der Waals surface area (Å²) in [6.45, 7) is 0. The van der Waals surface area contributed by atoms with Gasteiger partial charge in [-0.3, -0.25) is 9.97 Å². The fourth-order valence-corrected chi connectivity index (χ4v) is 7.96. The second-order valence-electron chi connectivity index (χ2n) is 12.5. The lowest BCUT2D eigenvalue weighted by atomic mass is 10.1. The molecule has 0 radical (unpaired) electrons. The number of carbonyl (C=O) groups excluding carboxylic acids is 2. The van der Waals surface area contributed by atoms with Crippen molar-refractivity contribution < 1.29 is 19.1 Å². The Hall–Kier alpha value is -4.60. The van der Waals surface area contributed by atoms with Crippen LogP contribution in [0.15, 0.2) is 156 Å². The van der Waals surface area contributed by atoms with Gasteiger partial charge < -0.3 is 9.47 Å². The topological polar surface area (TPSA) is 78.4 Å². The Kier molecular flexibility index (Phi) is 14.6. The molecule has 0 amide bonds. The SMILES string of the molecule is O=C(O[C@@H](CCc1cccnc1)CSc1ccc(-c2cccc(Cl)c2)cc1)C(=O)O[C@@H](CCc1cccnc1)CSc1ccc(-c2cccc(Cl)c2)cc1. The van der Waals surface area contributed by atoms with E-state index in [0.717, 1.165) is 43.2 Å². The van der Waals surface area contributed by atoms with E-state index in [2.05, 4.69) is 9.97 Å². The van der Waals surface area contributed by atoms with Gasteiger partial charge in [0.2, 0.25) is 0 Å². The van der Waals surface area contributed by atoms with Gasteiger partial charge in [0, 0.05) is 56.1 Å². The van der Waals surface area contributed by atoms with Gasteiger partial charge in [-0.05, 0) is 120 Å². The first kappa shape index (κ1) is 39.1. The molecule has 274 valence electrons. The minimum Gasteiger partial charge on any atom is -0.453 e. The third kappa shape index (κ3) is 12.2. The van der Waals surface area contributed by atoms with Crippen LogP contribution < -0.4 is 0 Å². The van der Waals surface area contributed by atoms with E-state index in [1.54, 1.807) is 48.3 Å². The molecule has 0 spiro atoms. The van der Waals surface area contributed by atoms with Gasteiger partial charge in [0.1, 0.15) is 12.2 Å². The van der Waals surface area contributed by atoms with Gasteiger partial charge in [-0.1, -0.05) is 83.9 Å². The fraction of sp³-hybridized carbons (Fsp3) is 0.182. The maximum absolute atomic E-state index is 13.3. The van der Waals surface area contributed by atoms with Crippen molar-refractivity contribution in [3.8, 4) is 22.3 Å². The van der Waals surface area contributed by atoms with Crippen LogP contribution in [0.5, 0.6) is 0 Å². The van der Waals surface area contributed by atoms with Crippen LogP contribution >= 0.6 is 46.7 Å². The van der Waals surface area contributed by atoms with Crippen molar-refractivity contribution in [2.45, 2.75) is 47.7 Å². The summed E-state index contributed by atoms with van der Waals surface area (Å²) in [7, 11) is 0. The molecule has 2 heterocycles. The normalized spacial score (nSPS) is 12.1. The van der Waals surface area contributed by atoms with Gasteiger partial charge in [0.15, 0.2) is 0 Å². The predicted octanol–water partition coefficient (Wildman–Crippen LogP) is 11.1. The van der Waals surface area contributed by atoms with Crippen molar-refractivity contribution in [1.29, 1.82) is 0 Å². The summed E-state index contributed by atoms with van der Waals surface area (Å²) in [5, 5.41) is 1.36. The Labute approximate surface area is 334 Å². The molecule has 0 aliphatic carbocycles. The number of rotatable bonds is 16. The Balaban J connectivity index is 1.09. The van der Waals surface area contributed by atoms with Gasteiger partial charge in [0.25, 0.3) is 0 Å². The number of carbonyl (C=O) groups is 2. The number of pyridine rings is 2. The molecule has 4 aromatic carbocycles. The highest BCUT2D eigenvalue weighted by Crippen LogP contribution is 2.29. The van der Waals surface area contributed by atoms with Gasteiger partial charge in [0.05, 0.1) is 0 Å². The van der Waals surface area contributed by atoms with Crippen LogP contribution in [0.1, 0.15) is 24.0 Å². The number of hydrogen-bond donors (Lipinski definition) is 0. The number of benzene rings is 4. The van der Waals surface area contributed by atoms with Crippen molar-refractivity contribution in [2.75, 3.05) is 11.5 Å². The molecule has 0 saturated heterocycles. The molecule has 6 aromatic rings. The van der Waals surface area contributed by atoms with E-state index < -0.39 is 24.1 Å². The minimum atomic E-state index is -0.995. The largest absolute Gasteiger partial charge is 0.453 e. The highest BCUT2D eigenvalue weighted by atomic mass is 35.5. The van der Waals surface area contributed by atoms with Gasteiger partial charge in [-0.2, -0.15) is 0 Å². The molecule has 0 saturated carbocycles. The Morgan fingerprint density at radius 3 is 1.33 bits per heavy atom. The zero-order valence-electron chi connectivity index (χ0n) is 29.4. The molecule has 54 heavy (non-hydrogen) atoms. The number of ether oxygens (including phenoxy) is 2. The van der Waals surface area contributed by atoms with Crippen LogP contribution in [0.4, 0.5) is 0 Å². The predicted molar refractivity (Wildman–Crippen MR) is 220 cm³/mol. The van der Waals surface area contributed by atoms with E-state index in [1.807, 2.05) is 121 Å². The third-order valence-corrected chi connectivity index (χ3v) is 11.3. The summed E-state index contributed by atoms with van der Waals surface area (Å²) >= 11 is 15.5. The van der Waals surface area contributed by atoms with E-state index in [4.69, 9.17) is 32.7 Å². The Morgan fingerprint density at radius 1 is 0.537 bits per heavy atom. The van der Waals surface area contributed by atoms with Crippen LogP contribution in [0.25, 0.3) is 22.3 Å². The summed E-state index contributed by atoms with van der Waals surface area (Å²) in [5.74, 6) is -1.07. The summed E-state index contributed by atoms with van der Waals surface area (Å²) in [5.41, 5.74) is 6.20. The summed E-state index contributed by atoms with van der Waals surface area (Å²) < 4.78 is 11.7. The Morgan fingerprint density at radius 2 is 0.963 bits per heavy atom. The van der Waals surface area contributed by atoms with Crippen LogP contribution in [-0.2, 0) is 31.9 Å². The van der Waals surface area contributed by atoms with E-state index in [-0.39, 0.29) is 0 Å². The first-order valence-corrected chi connectivity index (χ1v) is 20.3. The molecule has 6 rings (SSSR count). The van der Waals surface area contributed by atoms with E-state index in [0.29, 0.717) is 47.2 Å². The molecule has 0 bridgehead atoms. The van der Waals surface area contributed by atoms with Gasteiger partial charge in [-0.25, -0.2) is 9.59 Å². The molecule has 0 fully saturated rings. The highest BCUT2D eigenvalue weighted by Gasteiger charge is 2.26. The van der Waals surface area contributed by atoms with Gasteiger partial charge >= 0.3 is 11.9 Å². The summed E-state index contributed by atoms with van der Waals surface area (Å²) in [4.78, 5) is 37.1. The lowest BCUT2D eigenvalue weighted by molar-refractivity contribution is -0.173. The molecule has 6 nitrogen and oxygen atoms in total. The minimum absolute atomic E-state index is 0.460. The van der Waals surface area contributed by atoms with E-state index in [1.165, 1.54) is 0 Å². The lowest BCUT2D eigenvalue weighted by Gasteiger charge is -2.20. The van der Waals surface area contributed by atoms with Crippen molar-refractivity contribution in [1.82, 2.24) is 9.97 Å². The standard InChI is InChI=1S/C44H38Cl2N2O4S2/c45-37-9-1-7-35(25-37)33-13-19-41(20-14-33)53-29-39(17-11-31-5-3-23-47-27-31)51-43(49)44(50)52-40(18-12-32-6-4-24-48-28-32)30-54-42-21-15-34(16-22-42)36-8-2-10-38(46)26-36/h1-10,13-16,19-28,39-40H,11-12,17-18,29-30H2/t39-,40-/m0/s1.